The molecule has 3 rings (SSSR count). The van der Waals surface area contributed by atoms with Gasteiger partial charge in [0.2, 0.25) is 0 Å². The quantitative estimate of drug-likeness (QED) is 0.576. The molecule has 1 aromatic rings. The summed E-state index contributed by atoms with van der Waals surface area (Å²) in [6, 6.07) is 8.87. The van der Waals surface area contributed by atoms with Gasteiger partial charge in [0.25, 0.3) is 0 Å². The lowest BCUT2D eigenvalue weighted by Crippen LogP contribution is -2.52. The van der Waals surface area contributed by atoms with Crippen LogP contribution < -0.4 is 0 Å². The minimum absolute atomic E-state index is 0.0194. The number of hydrogen-bond donors (Lipinski definition) is 0. The van der Waals surface area contributed by atoms with Crippen molar-refractivity contribution in [2.45, 2.75) is 43.0 Å². The van der Waals surface area contributed by atoms with Crippen LogP contribution in [0, 0.1) is 5.92 Å². The Morgan fingerprint density at radius 1 is 1.15 bits per heavy atom. The summed E-state index contributed by atoms with van der Waals surface area (Å²) >= 11 is 0. The second-order valence-corrected chi connectivity index (χ2v) is 7.86. The van der Waals surface area contributed by atoms with Gasteiger partial charge in [0.05, 0.1) is 18.8 Å². The van der Waals surface area contributed by atoms with E-state index in [1.807, 2.05) is 0 Å². The maximum absolute atomic E-state index is 12.7. The van der Waals surface area contributed by atoms with Gasteiger partial charge in [-0.1, -0.05) is 30.3 Å². The topological polar surface area (TPSA) is 71.1 Å². The van der Waals surface area contributed by atoms with Crippen LogP contribution >= 0.6 is 0 Å². The molecule has 0 bridgehead atoms. The second-order valence-electron chi connectivity index (χ2n) is 6.30. The Labute approximate surface area is 149 Å². The molecule has 0 spiro atoms. The molecule has 1 saturated heterocycles. The average Bonchev–Trinajstić information content (AvgIpc) is 2.60. The van der Waals surface area contributed by atoms with E-state index >= 15 is 0 Å². The molecule has 1 heterocycles. The van der Waals surface area contributed by atoms with E-state index in [1.54, 1.807) is 30.3 Å². The summed E-state index contributed by atoms with van der Waals surface area (Å²) in [6.07, 6.45) is -2.93. The van der Waals surface area contributed by atoms with Crippen LogP contribution in [-0.2, 0) is 28.5 Å². The smallest absolute Gasteiger partial charge is 0.381 e. The Bertz CT molecular complexity index is 708. The zero-order valence-electron chi connectivity index (χ0n) is 13.9. The predicted octanol–water partition coefficient (Wildman–Crippen LogP) is 2.76. The highest BCUT2D eigenvalue weighted by atomic mass is 32.2. The summed E-state index contributed by atoms with van der Waals surface area (Å²) in [5.41, 5.74) is -4.80. The summed E-state index contributed by atoms with van der Waals surface area (Å²) in [7, 11) is -4.32. The molecule has 2 unspecified atom stereocenters. The average molecular weight is 396 g/mol. The summed E-state index contributed by atoms with van der Waals surface area (Å²) < 4.78 is 82.3. The molecule has 0 amide bonds. The van der Waals surface area contributed by atoms with Gasteiger partial charge in [-0.2, -0.15) is 21.6 Å². The molecule has 0 radical (unpaired) electrons. The molecule has 1 aliphatic carbocycles. The molecular formula is C16H19F3O6S. The molecule has 1 aromatic carbocycles. The van der Waals surface area contributed by atoms with Crippen molar-refractivity contribution in [2.24, 2.45) is 5.92 Å². The zero-order chi connectivity index (χ0) is 18.9. The van der Waals surface area contributed by atoms with Gasteiger partial charge in [0.15, 0.2) is 6.29 Å². The van der Waals surface area contributed by atoms with E-state index in [2.05, 4.69) is 4.18 Å². The Hall–Kier alpha value is -1.20. The van der Waals surface area contributed by atoms with E-state index in [0.29, 0.717) is 12.0 Å². The first kappa shape index (κ1) is 19.6. The monoisotopic (exact) mass is 396 g/mol. The van der Waals surface area contributed by atoms with Crippen LogP contribution in [0.2, 0.25) is 0 Å². The highest BCUT2D eigenvalue weighted by Gasteiger charge is 2.52. The van der Waals surface area contributed by atoms with Gasteiger partial charge in [-0.3, -0.25) is 4.18 Å². The summed E-state index contributed by atoms with van der Waals surface area (Å²) in [6.45, 7) is 0.204. The Kier molecular flexibility index (Phi) is 5.59. The first-order chi connectivity index (χ1) is 12.2. The molecule has 6 nitrogen and oxygen atoms in total. The first-order valence-corrected chi connectivity index (χ1v) is 9.46. The second kappa shape index (κ2) is 7.43. The lowest BCUT2D eigenvalue weighted by molar-refractivity contribution is -0.274. The molecule has 5 atom stereocenters. The maximum atomic E-state index is 12.7. The van der Waals surface area contributed by atoms with Gasteiger partial charge in [-0.25, -0.2) is 0 Å². The van der Waals surface area contributed by atoms with Crippen LogP contribution in [0.15, 0.2) is 30.3 Å². The van der Waals surface area contributed by atoms with Crippen molar-refractivity contribution >= 4 is 10.1 Å². The summed E-state index contributed by atoms with van der Waals surface area (Å²) in [4.78, 5) is 0. The van der Waals surface area contributed by atoms with Gasteiger partial charge >= 0.3 is 15.6 Å². The normalized spacial score (nSPS) is 32.8. The number of benzene rings is 1. The van der Waals surface area contributed by atoms with E-state index < -0.39 is 40.2 Å². The van der Waals surface area contributed by atoms with Crippen molar-refractivity contribution in [3.8, 4) is 0 Å². The molecule has 0 aromatic heterocycles. The molecule has 2 aliphatic rings. The molecule has 26 heavy (non-hydrogen) atoms. The fraction of sp³-hybridized carbons (Fsp3) is 0.625. The SMILES string of the molecule is CO[C@@H]1CC(OS(=O)(=O)C(F)(F)F)[C@@H]2OC(c3ccccc3)OC[C@H]2C1. The summed E-state index contributed by atoms with van der Waals surface area (Å²) in [5, 5.41) is 0. The number of halogens is 3. The van der Waals surface area contributed by atoms with Gasteiger partial charge in [0.1, 0.15) is 6.10 Å². The Morgan fingerprint density at radius 2 is 1.85 bits per heavy atom. The molecule has 10 heteroatoms. The van der Waals surface area contributed by atoms with Crippen molar-refractivity contribution in [1.29, 1.82) is 0 Å². The standard InChI is InChI=1S/C16H19F3O6S/c1-22-12-7-11-9-23-15(10-5-3-2-4-6-10)24-14(11)13(8-12)25-26(20,21)16(17,18)19/h2-6,11-15H,7-9H2,1H3/t11-,12+,13?,14-,15?/m1/s1. The molecule has 146 valence electrons. The van der Waals surface area contributed by atoms with Crippen molar-refractivity contribution in [3.05, 3.63) is 35.9 Å². The van der Waals surface area contributed by atoms with E-state index in [-0.39, 0.29) is 18.9 Å². The minimum atomic E-state index is -5.74. The Balaban J connectivity index is 1.81. The van der Waals surface area contributed by atoms with Crippen LogP contribution in [0.1, 0.15) is 24.7 Å². The van der Waals surface area contributed by atoms with Crippen LogP contribution in [0.4, 0.5) is 13.2 Å². The molecule has 0 N–H and O–H groups in total. The van der Waals surface area contributed by atoms with Crippen molar-refractivity contribution in [2.75, 3.05) is 13.7 Å². The van der Waals surface area contributed by atoms with E-state index in [4.69, 9.17) is 14.2 Å². The third kappa shape index (κ3) is 4.04. The molecule has 1 aliphatic heterocycles. The highest BCUT2D eigenvalue weighted by Crippen LogP contribution is 2.40. The zero-order valence-corrected chi connectivity index (χ0v) is 14.7. The molecule has 2 fully saturated rings. The lowest BCUT2D eigenvalue weighted by Gasteiger charge is -2.45. The Morgan fingerprint density at radius 3 is 2.46 bits per heavy atom. The van der Waals surface area contributed by atoms with Gasteiger partial charge in [-0.05, 0) is 6.42 Å². The van der Waals surface area contributed by atoms with Crippen LogP contribution in [0.3, 0.4) is 0 Å². The van der Waals surface area contributed by atoms with Crippen LogP contribution in [-0.4, -0.2) is 46.0 Å². The highest BCUT2D eigenvalue weighted by molar-refractivity contribution is 7.87. The fourth-order valence-corrected chi connectivity index (χ4v) is 3.93. The summed E-state index contributed by atoms with van der Waals surface area (Å²) in [5.74, 6) is -0.331. The third-order valence-corrected chi connectivity index (χ3v) is 5.64. The van der Waals surface area contributed by atoms with Gasteiger partial charge in [-0.15, -0.1) is 0 Å². The number of alkyl halides is 3. The third-order valence-electron chi connectivity index (χ3n) is 4.57. The number of hydrogen-bond acceptors (Lipinski definition) is 6. The number of rotatable bonds is 4. The van der Waals surface area contributed by atoms with Crippen LogP contribution in [0.5, 0.6) is 0 Å². The lowest BCUT2D eigenvalue weighted by atomic mass is 9.82. The molecular weight excluding hydrogens is 377 g/mol. The van der Waals surface area contributed by atoms with Crippen molar-refractivity contribution in [3.63, 3.8) is 0 Å². The largest absolute Gasteiger partial charge is 0.523 e. The predicted molar refractivity (Wildman–Crippen MR) is 83.4 cm³/mol. The minimum Gasteiger partial charge on any atom is -0.381 e. The molecule has 1 saturated carbocycles. The fourth-order valence-electron chi connectivity index (χ4n) is 3.31. The van der Waals surface area contributed by atoms with Crippen molar-refractivity contribution < 1.29 is 40.0 Å². The van der Waals surface area contributed by atoms with E-state index in [0.717, 1.165) is 0 Å². The first-order valence-electron chi connectivity index (χ1n) is 8.05. The van der Waals surface area contributed by atoms with E-state index in [1.165, 1.54) is 7.11 Å². The van der Waals surface area contributed by atoms with E-state index in [9.17, 15) is 21.6 Å². The van der Waals surface area contributed by atoms with Crippen molar-refractivity contribution in [1.82, 2.24) is 0 Å². The van der Waals surface area contributed by atoms with Gasteiger partial charge < -0.3 is 14.2 Å². The maximum Gasteiger partial charge on any atom is 0.523 e. The number of fused-ring (bicyclic) bond motifs is 1. The number of methoxy groups -OCH3 is 1. The van der Waals surface area contributed by atoms with Gasteiger partial charge in [0, 0.05) is 25.0 Å². The van der Waals surface area contributed by atoms with Crippen LogP contribution in [0.25, 0.3) is 0 Å². The number of ether oxygens (including phenoxy) is 3.